The number of halogens is 4. The predicted octanol–water partition coefficient (Wildman–Crippen LogP) is 2.54. The second-order valence-corrected chi connectivity index (χ2v) is 0. The molecule has 0 aromatic carbocycles. The summed E-state index contributed by atoms with van der Waals surface area (Å²) in [6, 6.07) is 0. The SMILES string of the molecule is Br.Br.Br.Br.P.P.P.P. The lowest BCUT2D eigenvalue weighted by Gasteiger charge is -0.154. The molecule has 0 aromatic heterocycles. The Morgan fingerprint density at radius 3 is 0.250 bits per heavy atom. The molecule has 0 saturated heterocycles. The fourth-order valence-corrected chi connectivity index (χ4v) is 0. The molecule has 0 amide bonds. The van der Waals surface area contributed by atoms with Crippen LogP contribution in [-0.2, 0) is 0 Å². The molecule has 0 aliphatic heterocycles. The Labute approximate surface area is 106 Å². The zero-order valence-electron chi connectivity index (χ0n) is 4.46. The fourth-order valence-electron chi connectivity index (χ4n) is 0. The van der Waals surface area contributed by atoms with Gasteiger partial charge in [0.15, 0.2) is 0 Å². The minimum Gasteiger partial charge on any atom is -0.153 e. The molecule has 0 aliphatic rings. The minimum atomic E-state index is 0. The van der Waals surface area contributed by atoms with Crippen molar-refractivity contribution in [3.8, 4) is 0 Å². The van der Waals surface area contributed by atoms with Crippen molar-refractivity contribution in [3.63, 3.8) is 0 Å². The van der Waals surface area contributed by atoms with E-state index >= 15 is 0 Å². The molecule has 0 aliphatic carbocycles. The van der Waals surface area contributed by atoms with Crippen LogP contribution in [0.4, 0.5) is 0 Å². The van der Waals surface area contributed by atoms with Crippen molar-refractivity contribution in [3.05, 3.63) is 0 Å². The van der Waals surface area contributed by atoms with E-state index in [-0.39, 0.29) is 108 Å². The number of rotatable bonds is 0. The monoisotopic (exact) mass is 456 g/mol. The molecule has 0 heterocycles. The average molecular weight is 460 g/mol. The van der Waals surface area contributed by atoms with Crippen LogP contribution in [0.15, 0.2) is 0 Å². The van der Waals surface area contributed by atoms with E-state index < -0.39 is 0 Å². The Morgan fingerprint density at radius 1 is 0.250 bits per heavy atom. The lowest BCUT2D eigenvalue weighted by molar-refractivity contribution is 6.92. The first-order valence-corrected chi connectivity index (χ1v) is 0. The summed E-state index contributed by atoms with van der Waals surface area (Å²) in [5, 5.41) is 0. The van der Waals surface area contributed by atoms with E-state index in [4.69, 9.17) is 0 Å². The van der Waals surface area contributed by atoms with Gasteiger partial charge in [-0.25, -0.2) is 0 Å². The molecule has 0 nitrogen and oxygen atoms in total. The maximum Gasteiger partial charge on any atom is -0.114 e. The first kappa shape index (κ1) is 99.5. The van der Waals surface area contributed by atoms with E-state index in [0.717, 1.165) is 0 Å². The van der Waals surface area contributed by atoms with Gasteiger partial charge in [0.2, 0.25) is 0 Å². The first-order chi connectivity index (χ1) is 0. The number of hydrogen-bond acceptors (Lipinski definition) is 0. The molecule has 0 N–H and O–H groups in total. The maximum atomic E-state index is 0. The molecular formula is H16Br4P4. The minimum absolute atomic E-state index is 0. The van der Waals surface area contributed by atoms with Crippen molar-refractivity contribution in [2.45, 2.75) is 0 Å². The third-order valence-electron chi connectivity index (χ3n) is 0. The van der Waals surface area contributed by atoms with E-state index in [1.54, 1.807) is 0 Å². The van der Waals surface area contributed by atoms with Gasteiger partial charge in [0.1, 0.15) is 0 Å². The van der Waals surface area contributed by atoms with Gasteiger partial charge >= 0.3 is 0 Å². The lowest BCUT2D eigenvalue weighted by atomic mass is 31.0. The summed E-state index contributed by atoms with van der Waals surface area (Å²) in [5.41, 5.74) is 0. The molecule has 4 atom stereocenters. The van der Waals surface area contributed by atoms with Gasteiger partial charge in [-0.3, -0.25) is 0 Å². The maximum absolute atomic E-state index is 0. The van der Waals surface area contributed by atoms with Gasteiger partial charge in [-0.15, -0.1) is 67.9 Å². The number of hydrogen-bond donors (Lipinski definition) is 0. The zero-order valence-corrected chi connectivity index (χ0v) is 17.0. The summed E-state index contributed by atoms with van der Waals surface area (Å²) in [5.74, 6) is 0. The highest BCUT2D eigenvalue weighted by Gasteiger charge is -0.110. The summed E-state index contributed by atoms with van der Waals surface area (Å²) in [7, 11) is 0. The Kier molecular flexibility index (Phi) is 928. The van der Waals surface area contributed by atoms with Gasteiger partial charge in [-0.2, -0.15) is 39.6 Å². The van der Waals surface area contributed by atoms with Gasteiger partial charge in [0.05, 0.1) is 0 Å². The molecule has 8 heavy (non-hydrogen) atoms. The second-order valence-electron chi connectivity index (χ2n) is 0. The lowest BCUT2D eigenvalue weighted by Crippen LogP contribution is 0.845. The Morgan fingerprint density at radius 2 is 0.250 bits per heavy atom. The quantitative estimate of drug-likeness (QED) is 0.489. The van der Waals surface area contributed by atoms with Gasteiger partial charge < -0.3 is 0 Å². The predicted molar refractivity (Wildman–Crippen MR) is 85.7 cm³/mol. The molecule has 64 valence electrons. The highest BCUT2D eigenvalue weighted by molar-refractivity contribution is 8.93. The Hall–Kier alpha value is 3.64. The van der Waals surface area contributed by atoms with Crippen molar-refractivity contribution < 1.29 is 0 Å². The fraction of sp³-hybridized carbons (Fsp3) is 0. The second kappa shape index (κ2) is 74.6. The van der Waals surface area contributed by atoms with Crippen LogP contribution in [0.1, 0.15) is 0 Å². The van der Waals surface area contributed by atoms with E-state index in [1.165, 1.54) is 0 Å². The smallest absolute Gasteiger partial charge is 0.114 e. The van der Waals surface area contributed by atoms with E-state index in [9.17, 15) is 0 Å². The summed E-state index contributed by atoms with van der Waals surface area (Å²) < 4.78 is 0. The van der Waals surface area contributed by atoms with Crippen LogP contribution in [0.2, 0.25) is 0 Å². The topological polar surface area (TPSA) is 0 Å². The van der Waals surface area contributed by atoms with Crippen LogP contribution in [-0.4, -0.2) is 0 Å². The van der Waals surface area contributed by atoms with Crippen LogP contribution in [0.25, 0.3) is 0 Å². The van der Waals surface area contributed by atoms with Crippen molar-refractivity contribution in [2.24, 2.45) is 0 Å². The molecule has 0 saturated carbocycles. The molecule has 0 fully saturated rings. The van der Waals surface area contributed by atoms with E-state index in [2.05, 4.69) is 0 Å². The standard InChI is InChI=1S/4BrH.4H3P/h4*1H;4*1H3. The van der Waals surface area contributed by atoms with Gasteiger partial charge in [-0.1, -0.05) is 0 Å². The van der Waals surface area contributed by atoms with Crippen molar-refractivity contribution in [1.82, 2.24) is 0 Å². The molecule has 0 aromatic rings. The van der Waals surface area contributed by atoms with Gasteiger partial charge in [0.25, 0.3) is 0 Å². The van der Waals surface area contributed by atoms with Crippen molar-refractivity contribution in [2.75, 3.05) is 0 Å². The first-order valence-electron chi connectivity index (χ1n) is 0. The average Bonchev–Trinajstić information content (AvgIpc) is 0. The molecule has 8 heteroatoms. The molecule has 0 radical (unpaired) electrons. The van der Waals surface area contributed by atoms with Gasteiger partial charge in [-0.05, 0) is 0 Å². The zero-order chi connectivity index (χ0) is 0. The highest BCUT2D eigenvalue weighted by Crippen LogP contribution is 0.865. The summed E-state index contributed by atoms with van der Waals surface area (Å²) in [6.45, 7) is 0. The van der Waals surface area contributed by atoms with Crippen LogP contribution in [0.5, 0.6) is 0 Å². The summed E-state index contributed by atoms with van der Waals surface area (Å²) in [6.07, 6.45) is 0. The van der Waals surface area contributed by atoms with Crippen LogP contribution >= 0.6 is 108 Å². The van der Waals surface area contributed by atoms with E-state index in [1.807, 2.05) is 0 Å². The molecule has 4 unspecified atom stereocenters. The largest absolute Gasteiger partial charge is 0.153 e. The molecule has 0 rings (SSSR count). The Balaban J connectivity index is 0. The summed E-state index contributed by atoms with van der Waals surface area (Å²) in [4.78, 5) is 0. The van der Waals surface area contributed by atoms with E-state index in [0.29, 0.717) is 0 Å². The van der Waals surface area contributed by atoms with Crippen LogP contribution in [0, 0.1) is 0 Å². The molecule has 0 bridgehead atoms. The normalized spacial score (nSPS) is 0. The summed E-state index contributed by atoms with van der Waals surface area (Å²) >= 11 is 0. The molecular weight excluding hydrogens is 444 g/mol. The van der Waals surface area contributed by atoms with Crippen molar-refractivity contribution in [1.29, 1.82) is 0 Å². The van der Waals surface area contributed by atoms with Crippen LogP contribution < -0.4 is 0 Å². The van der Waals surface area contributed by atoms with Gasteiger partial charge in [0, 0.05) is 0 Å². The van der Waals surface area contributed by atoms with Crippen LogP contribution in [0.3, 0.4) is 0 Å². The third kappa shape index (κ3) is 54.3. The molecule has 0 spiro atoms. The highest BCUT2D eigenvalue weighted by atomic mass is 79.9. The van der Waals surface area contributed by atoms with Crippen molar-refractivity contribution >= 4 is 108 Å². The Bertz CT molecular complexity index is 8.00. The third-order valence-corrected chi connectivity index (χ3v) is 0.